The van der Waals surface area contributed by atoms with Gasteiger partial charge in [0, 0.05) is 37.4 Å². The zero-order valence-corrected chi connectivity index (χ0v) is 13.3. The molecule has 1 aliphatic rings. The predicted molar refractivity (Wildman–Crippen MR) is 87.8 cm³/mol. The van der Waals surface area contributed by atoms with Crippen LogP contribution < -0.4 is 10.2 Å². The third-order valence-corrected chi connectivity index (χ3v) is 4.80. The van der Waals surface area contributed by atoms with Crippen LogP contribution in [0.4, 0.5) is 5.82 Å². The summed E-state index contributed by atoms with van der Waals surface area (Å²) in [5.74, 6) is 1.08. The van der Waals surface area contributed by atoms with E-state index in [0.717, 1.165) is 37.6 Å². The van der Waals surface area contributed by atoms with Gasteiger partial charge in [-0.3, -0.25) is 0 Å². The lowest BCUT2D eigenvalue weighted by atomic mass is 10.0. The molecular formula is C16H22N4S. The molecule has 3 heterocycles. The van der Waals surface area contributed by atoms with Gasteiger partial charge in [0.1, 0.15) is 12.1 Å². The minimum atomic E-state index is 0.619. The van der Waals surface area contributed by atoms with Crippen LogP contribution in [0.15, 0.2) is 29.2 Å². The van der Waals surface area contributed by atoms with Crippen molar-refractivity contribution >= 4 is 17.2 Å². The first-order valence-corrected chi connectivity index (χ1v) is 8.59. The van der Waals surface area contributed by atoms with Crippen molar-refractivity contribution in [2.75, 3.05) is 18.0 Å². The first-order valence-electron chi connectivity index (χ1n) is 7.65. The number of thiophene rings is 1. The molecular weight excluding hydrogens is 280 g/mol. The van der Waals surface area contributed by atoms with E-state index < -0.39 is 0 Å². The number of piperidine rings is 1. The number of nitrogens with zero attached hydrogens (tertiary/aromatic N) is 3. The first-order chi connectivity index (χ1) is 10.3. The zero-order chi connectivity index (χ0) is 14.5. The highest BCUT2D eigenvalue weighted by atomic mass is 32.1. The van der Waals surface area contributed by atoms with Crippen LogP contribution in [-0.2, 0) is 13.0 Å². The highest BCUT2D eigenvalue weighted by molar-refractivity contribution is 7.07. The van der Waals surface area contributed by atoms with E-state index >= 15 is 0 Å². The summed E-state index contributed by atoms with van der Waals surface area (Å²) in [5.41, 5.74) is 2.52. The Morgan fingerprint density at radius 2 is 2.19 bits per heavy atom. The molecule has 1 aliphatic heterocycles. The maximum absolute atomic E-state index is 4.42. The molecule has 1 N–H and O–H groups in total. The van der Waals surface area contributed by atoms with Crippen molar-refractivity contribution in [2.45, 2.75) is 38.8 Å². The van der Waals surface area contributed by atoms with E-state index in [1.165, 1.54) is 18.4 Å². The Labute approximate surface area is 130 Å². The fraction of sp³-hybridized carbons (Fsp3) is 0.500. The van der Waals surface area contributed by atoms with Gasteiger partial charge in [-0.2, -0.15) is 11.3 Å². The number of hydrogen-bond acceptors (Lipinski definition) is 5. The minimum Gasteiger partial charge on any atom is -0.356 e. The summed E-state index contributed by atoms with van der Waals surface area (Å²) >= 11 is 1.76. The molecule has 2 aromatic heterocycles. The smallest absolute Gasteiger partial charge is 0.132 e. The maximum atomic E-state index is 4.42. The Hall–Kier alpha value is -1.46. The molecule has 3 rings (SSSR count). The fourth-order valence-corrected chi connectivity index (χ4v) is 3.39. The normalized spacial score (nSPS) is 16.3. The van der Waals surface area contributed by atoms with Crippen LogP contribution in [0.5, 0.6) is 0 Å². The summed E-state index contributed by atoms with van der Waals surface area (Å²) in [7, 11) is 0. The van der Waals surface area contributed by atoms with Crippen molar-refractivity contribution in [3.63, 3.8) is 0 Å². The number of aromatic nitrogens is 2. The second kappa shape index (κ2) is 7.00. The van der Waals surface area contributed by atoms with E-state index in [4.69, 9.17) is 0 Å². The van der Waals surface area contributed by atoms with Gasteiger partial charge in [0.2, 0.25) is 0 Å². The molecule has 2 aromatic rings. The van der Waals surface area contributed by atoms with Crippen molar-refractivity contribution in [3.05, 3.63) is 40.5 Å². The maximum Gasteiger partial charge on any atom is 0.132 e. The standard InChI is InChI=1S/C16H22N4S/c1-2-14-9-16(19-12-18-14)20-6-3-15(4-7-20)17-10-13-5-8-21-11-13/h5,8-9,11-12,15,17H,2-4,6-7,10H2,1H3. The van der Waals surface area contributed by atoms with Gasteiger partial charge in [0.25, 0.3) is 0 Å². The van der Waals surface area contributed by atoms with Crippen LogP contribution in [0.25, 0.3) is 0 Å². The Balaban J connectivity index is 1.50. The van der Waals surface area contributed by atoms with Crippen LogP contribution in [-0.4, -0.2) is 29.1 Å². The number of nitrogens with one attached hydrogen (secondary N) is 1. The monoisotopic (exact) mass is 302 g/mol. The summed E-state index contributed by atoms with van der Waals surface area (Å²) in [6.45, 7) is 5.26. The van der Waals surface area contributed by atoms with E-state index in [1.54, 1.807) is 17.7 Å². The average Bonchev–Trinajstić information content (AvgIpc) is 3.07. The number of hydrogen-bond donors (Lipinski definition) is 1. The van der Waals surface area contributed by atoms with Crippen molar-refractivity contribution in [2.24, 2.45) is 0 Å². The third kappa shape index (κ3) is 3.80. The Morgan fingerprint density at radius 1 is 1.33 bits per heavy atom. The largest absolute Gasteiger partial charge is 0.356 e. The van der Waals surface area contributed by atoms with Gasteiger partial charge >= 0.3 is 0 Å². The third-order valence-electron chi connectivity index (χ3n) is 4.07. The molecule has 0 saturated carbocycles. The fourth-order valence-electron chi connectivity index (χ4n) is 2.72. The van der Waals surface area contributed by atoms with Gasteiger partial charge in [0.05, 0.1) is 0 Å². The van der Waals surface area contributed by atoms with E-state index in [0.29, 0.717) is 6.04 Å². The summed E-state index contributed by atoms with van der Waals surface area (Å²) in [6.07, 6.45) is 5.01. The average molecular weight is 302 g/mol. The number of anilines is 1. The molecule has 112 valence electrons. The lowest BCUT2D eigenvalue weighted by molar-refractivity contribution is 0.413. The minimum absolute atomic E-state index is 0.619. The van der Waals surface area contributed by atoms with Crippen molar-refractivity contribution in [1.82, 2.24) is 15.3 Å². The highest BCUT2D eigenvalue weighted by Crippen LogP contribution is 2.18. The lowest BCUT2D eigenvalue weighted by Gasteiger charge is -2.33. The van der Waals surface area contributed by atoms with Gasteiger partial charge in [-0.15, -0.1) is 0 Å². The van der Waals surface area contributed by atoms with E-state index in [2.05, 4.69) is 50.0 Å². The van der Waals surface area contributed by atoms with E-state index in [1.807, 2.05) is 0 Å². The number of rotatable bonds is 5. The Kier molecular flexibility index (Phi) is 4.83. The second-order valence-corrected chi connectivity index (χ2v) is 6.27. The quantitative estimate of drug-likeness (QED) is 0.922. The van der Waals surface area contributed by atoms with Gasteiger partial charge in [-0.1, -0.05) is 6.92 Å². The van der Waals surface area contributed by atoms with E-state index in [9.17, 15) is 0 Å². The van der Waals surface area contributed by atoms with Gasteiger partial charge in [0.15, 0.2) is 0 Å². The lowest BCUT2D eigenvalue weighted by Crippen LogP contribution is -2.42. The molecule has 0 aliphatic carbocycles. The molecule has 0 aromatic carbocycles. The first kappa shape index (κ1) is 14.5. The molecule has 0 amide bonds. The van der Waals surface area contributed by atoms with Crippen LogP contribution in [0.3, 0.4) is 0 Å². The summed E-state index contributed by atoms with van der Waals surface area (Å²) < 4.78 is 0. The van der Waals surface area contributed by atoms with Crippen LogP contribution in [0.2, 0.25) is 0 Å². The van der Waals surface area contributed by atoms with Crippen molar-refractivity contribution < 1.29 is 0 Å². The molecule has 0 radical (unpaired) electrons. The van der Waals surface area contributed by atoms with Crippen LogP contribution in [0.1, 0.15) is 31.0 Å². The number of aryl methyl sites for hydroxylation is 1. The SMILES string of the molecule is CCc1cc(N2CCC(NCc3ccsc3)CC2)ncn1. The van der Waals surface area contributed by atoms with Crippen LogP contribution in [0, 0.1) is 0 Å². The summed E-state index contributed by atoms with van der Waals surface area (Å²) in [4.78, 5) is 11.1. The van der Waals surface area contributed by atoms with Gasteiger partial charge in [-0.05, 0) is 41.7 Å². The molecule has 0 atom stereocenters. The highest BCUT2D eigenvalue weighted by Gasteiger charge is 2.19. The molecule has 0 bridgehead atoms. The Bertz CT molecular complexity index is 547. The summed E-state index contributed by atoms with van der Waals surface area (Å²) in [6, 6.07) is 4.94. The summed E-state index contributed by atoms with van der Waals surface area (Å²) in [5, 5.41) is 8.02. The molecule has 1 fully saturated rings. The predicted octanol–water partition coefficient (Wildman–Crippen LogP) is 2.86. The van der Waals surface area contributed by atoms with Gasteiger partial charge < -0.3 is 10.2 Å². The molecule has 5 heteroatoms. The topological polar surface area (TPSA) is 41.0 Å². The molecule has 21 heavy (non-hydrogen) atoms. The van der Waals surface area contributed by atoms with Gasteiger partial charge in [-0.25, -0.2) is 9.97 Å². The molecule has 1 saturated heterocycles. The van der Waals surface area contributed by atoms with Crippen molar-refractivity contribution in [1.29, 1.82) is 0 Å². The second-order valence-electron chi connectivity index (χ2n) is 5.49. The van der Waals surface area contributed by atoms with Crippen LogP contribution >= 0.6 is 11.3 Å². The molecule has 4 nitrogen and oxygen atoms in total. The Morgan fingerprint density at radius 3 is 2.90 bits per heavy atom. The van der Waals surface area contributed by atoms with E-state index in [-0.39, 0.29) is 0 Å². The molecule has 0 unspecified atom stereocenters. The van der Waals surface area contributed by atoms with Crippen molar-refractivity contribution in [3.8, 4) is 0 Å². The zero-order valence-electron chi connectivity index (χ0n) is 12.5. The molecule has 0 spiro atoms.